The Morgan fingerprint density at radius 2 is 1.96 bits per heavy atom. The zero-order valence-electron chi connectivity index (χ0n) is 14.3. The van der Waals surface area contributed by atoms with E-state index in [0.29, 0.717) is 5.56 Å². The molecule has 3 unspecified atom stereocenters. The summed E-state index contributed by atoms with van der Waals surface area (Å²) < 4.78 is 37.9. The van der Waals surface area contributed by atoms with Gasteiger partial charge < -0.3 is 15.7 Å². The fourth-order valence-electron chi connectivity index (χ4n) is 2.55. The SMILES string of the molecule is CN(C)C1NC(=O)CC(C(=O)NC(CO)c2ccc(C(F)(F)F)cc2)N1. The van der Waals surface area contributed by atoms with Crippen molar-refractivity contribution in [2.45, 2.75) is 31.0 Å². The molecule has 144 valence electrons. The van der Waals surface area contributed by atoms with Gasteiger partial charge in [0.15, 0.2) is 0 Å². The Labute approximate surface area is 148 Å². The van der Waals surface area contributed by atoms with Gasteiger partial charge in [0.05, 0.1) is 30.7 Å². The van der Waals surface area contributed by atoms with Crippen LogP contribution in [0.5, 0.6) is 0 Å². The minimum absolute atomic E-state index is 0.0820. The number of nitrogens with one attached hydrogen (secondary N) is 3. The number of carbonyl (C=O) groups excluding carboxylic acids is 2. The first-order valence-corrected chi connectivity index (χ1v) is 7.92. The summed E-state index contributed by atoms with van der Waals surface area (Å²) in [5.41, 5.74) is -0.484. The van der Waals surface area contributed by atoms with E-state index in [1.165, 1.54) is 12.1 Å². The molecule has 3 atom stereocenters. The molecule has 1 aliphatic heterocycles. The van der Waals surface area contributed by atoms with Gasteiger partial charge in [-0.1, -0.05) is 12.1 Å². The molecule has 0 aliphatic carbocycles. The van der Waals surface area contributed by atoms with Crippen LogP contribution in [0.25, 0.3) is 0 Å². The molecule has 1 aromatic carbocycles. The van der Waals surface area contributed by atoms with Crippen LogP contribution in [0.1, 0.15) is 23.6 Å². The summed E-state index contributed by atoms with van der Waals surface area (Å²) in [6, 6.07) is 2.48. The van der Waals surface area contributed by atoms with E-state index >= 15 is 0 Å². The van der Waals surface area contributed by atoms with Crippen molar-refractivity contribution in [1.82, 2.24) is 20.9 Å². The van der Waals surface area contributed by atoms with Crippen LogP contribution in [-0.4, -0.2) is 54.9 Å². The molecule has 1 aliphatic rings. The van der Waals surface area contributed by atoms with Crippen LogP contribution in [0.4, 0.5) is 13.2 Å². The molecule has 1 heterocycles. The van der Waals surface area contributed by atoms with Gasteiger partial charge in [0, 0.05) is 0 Å². The van der Waals surface area contributed by atoms with Crippen LogP contribution in [0.2, 0.25) is 0 Å². The standard InChI is InChI=1S/C16H21F3N4O3/c1-23(2)15-21-11(7-13(25)22-15)14(26)20-12(8-24)9-3-5-10(6-4-9)16(17,18)19/h3-6,11-12,15,21,24H,7-8H2,1-2H3,(H,20,26)(H,22,25). The van der Waals surface area contributed by atoms with E-state index in [-0.39, 0.29) is 12.3 Å². The third-order valence-corrected chi connectivity index (χ3v) is 4.02. The van der Waals surface area contributed by atoms with Crippen LogP contribution in [-0.2, 0) is 15.8 Å². The van der Waals surface area contributed by atoms with Gasteiger partial charge in [0.2, 0.25) is 11.8 Å². The molecule has 2 amide bonds. The molecule has 26 heavy (non-hydrogen) atoms. The van der Waals surface area contributed by atoms with Gasteiger partial charge in [0.1, 0.15) is 6.29 Å². The lowest BCUT2D eigenvalue weighted by atomic mass is 10.0. The van der Waals surface area contributed by atoms with Gasteiger partial charge in [-0.05, 0) is 31.8 Å². The molecule has 10 heteroatoms. The smallest absolute Gasteiger partial charge is 0.394 e. The predicted octanol–water partition coefficient (Wildman–Crippen LogP) is 0.178. The Kier molecular flexibility index (Phi) is 6.21. The summed E-state index contributed by atoms with van der Waals surface area (Å²) in [7, 11) is 3.44. The molecule has 0 radical (unpaired) electrons. The summed E-state index contributed by atoms with van der Waals surface area (Å²) >= 11 is 0. The number of aliphatic hydroxyl groups excluding tert-OH is 1. The average molecular weight is 374 g/mol. The second-order valence-corrected chi connectivity index (χ2v) is 6.22. The molecule has 2 rings (SSSR count). The van der Waals surface area contributed by atoms with Crippen LogP contribution < -0.4 is 16.0 Å². The van der Waals surface area contributed by atoms with Crippen molar-refractivity contribution in [3.63, 3.8) is 0 Å². The molecular formula is C16H21F3N4O3. The van der Waals surface area contributed by atoms with Gasteiger partial charge in [0.25, 0.3) is 0 Å². The number of benzene rings is 1. The molecule has 1 aromatic rings. The normalized spacial score (nSPS) is 22.0. The number of hydrogen-bond donors (Lipinski definition) is 4. The highest BCUT2D eigenvalue weighted by Crippen LogP contribution is 2.29. The van der Waals surface area contributed by atoms with Crippen molar-refractivity contribution in [2.75, 3.05) is 20.7 Å². The topological polar surface area (TPSA) is 93.7 Å². The number of carbonyl (C=O) groups is 2. The van der Waals surface area contributed by atoms with Gasteiger partial charge in [-0.2, -0.15) is 13.2 Å². The Hall–Kier alpha value is -2.17. The first-order valence-electron chi connectivity index (χ1n) is 7.92. The third-order valence-electron chi connectivity index (χ3n) is 4.02. The van der Waals surface area contributed by atoms with Gasteiger partial charge in [-0.25, -0.2) is 0 Å². The summed E-state index contributed by atoms with van der Waals surface area (Å²) in [6.07, 6.45) is -5.07. The quantitative estimate of drug-likeness (QED) is 0.590. The van der Waals surface area contributed by atoms with E-state index in [1.54, 1.807) is 19.0 Å². The maximum absolute atomic E-state index is 12.6. The first kappa shape index (κ1) is 20.1. The fraction of sp³-hybridized carbons (Fsp3) is 0.500. The zero-order chi connectivity index (χ0) is 19.5. The number of rotatable bonds is 5. The lowest BCUT2D eigenvalue weighted by molar-refractivity contribution is -0.137. The van der Waals surface area contributed by atoms with Crippen molar-refractivity contribution in [3.05, 3.63) is 35.4 Å². The van der Waals surface area contributed by atoms with Gasteiger partial charge >= 0.3 is 6.18 Å². The summed E-state index contributed by atoms with van der Waals surface area (Å²) in [5, 5.41) is 17.7. The molecule has 1 fully saturated rings. The number of halogens is 3. The molecule has 7 nitrogen and oxygen atoms in total. The number of amides is 2. The largest absolute Gasteiger partial charge is 0.416 e. The number of alkyl halides is 3. The lowest BCUT2D eigenvalue weighted by Gasteiger charge is -2.35. The van der Waals surface area contributed by atoms with Gasteiger partial charge in [-0.3, -0.25) is 19.8 Å². The minimum atomic E-state index is -4.46. The molecule has 4 N–H and O–H groups in total. The van der Waals surface area contributed by atoms with Gasteiger partial charge in [-0.15, -0.1) is 0 Å². The molecular weight excluding hydrogens is 353 g/mol. The number of aliphatic hydroxyl groups is 1. The first-order chi connectivity index (χ1) is 12.1. The monoisotopic (exact) mass is 374 g/mol. The van der Waals surface area contributed by atoms with Crippen LogP contribution >= 0.6 is 0 Å². The molecule has 0 aromatic heterocycles. The van der Waals surface area contributed by atoms with E-state index < -0.39 is 42.6 Å². The fourth-order valence-corrected chi connectivity index (χ4v) is 2.55. The lowest BCUT2D eigenvalue weighted by Crippen LogP contribution is -2.65. The van der Waals surface area contributed by atoms with Crippen molar-refractivity contribution < 1.29 is 27.9 Å². The third kappa shape index (κ3) is 4.93. The van der Waals surface area contributed by atoms with Crippen molar-refractivity contribution in [3.8, 4) is 0 Å². The van der Waals surface area contributed by atoms with E-state index in [1.807, 2.05) is 0 Å². The van der Waals surface area contributed by atoms with Crippen LogP contribution in [0.15, 0.2) is 24.3 Å². The van der Waals surface area contributed by atoms with E-state index in [9.17, 15) is 27.9 Å². The maximum atomic E-state index is 12.6. The molecule has 0 spiro atoms. The second-order valence-electron chi connectivity index (χ2n) is 6.22. The van der Waals surface area contributed by atoms with Crippen LogP contribution in [0, 0.1) is 0 Å². The highest BCUT2D eigenvalue weighted by molar-refractivity contribution is 5.89. The number of hydrogen-bond acceptors (Lipinski definition) is 5. The summed E-state index contributed by atoms with van der Waals surface area (Å²) in [6.45, 7) is -0.493. The van der Waals surface area contributed by atoms with Crippen molar-refractivity contribution in [1.29, 1.82) is 0 Å². The maximum Gasteiger partial charge on any atom is 0.416 e. The molecule has 1 saturated heterocycles. The van der Waals surface area contributed by atoms with Crippen molar-refractivity contribution >= 4 is 11.8 Å². The summed E-state index contributed by atoms with van der Waals surface area (Å²) in [4.78, 5) is 25.8. The van der Waals surface area contributed by atoms with Crippen LogP contribution in [0.3, 0.4) is 0 Å². The Morgan fingerprint density at radius 1 is 1.35 bits per heavy atom. The highest BCUT2D eigenvalue weighted by atomic mass is 19.4. The molecule has 0 saturated carbocycles. The minimum Gasteiger partial charge on any atom is -0.394 e. The van der Waals surface area contributed by atoms with E-state index in [4.69, 9.17) is 0 Å². The Bertz CT molecular complexity index is 649. The van der Waals surface area contributed by atoms with E-state index in [0.717, 1.165) is 12.1 Å². The van der Waals surface area contributed by atoms with E-state index in [2.05, 4.69) is 16.0 Å². The second kappa shape index (κ2) is 8.02. The molecule has 0 bridgehead atoms. The van der Waals surface area contributed by atoms with Crippen molar-refractivity contribution in [2.24, 2.45) is 0 Å². The zero-order valence-corrected chi connectivity index (χ0v) is 14.3. The Balaban J connectivity index is 2.07. The predicted molar refractivity (Wildman–Crippen MR) is 86.6 cm³/mol. The summed E-state index contributed by atoms with van der Waals surface area (Å²) in [5.74, 6) is -0.830. The Morgan fingerprint density at radius 3 is 2.46 bits per heavy atom. The highest BCUT2D eigenvalue weighted by Gasteiger charge is 2.33. The number of nitrogens with zero attached hydrogens (tertiary/aromatic N) is 1. The average Bonchev–Trinajstić information content (AvgIpc) is 2.58.